The first-order chi connectivity index (χ1) is 33.6. The van der Waals surface area contributed by atoms with Gasteiger partial charge in [0.15, 0.2) is 17.2 Å². The van der Waals surface area contributed by atoms with Crippen LogP contribution in [-0.2, 0) is 10.0 Å². The summed E-state index contributed by atoms with van der Waals surface area (Å²) in [6.45, 7) is 8.81. The number of anilines is 2. The number of fused-ring (bicyclic) bond motifs is 2. The largest absolute Gasteiger partial charge is 0.489 e. The number of aromatic nitrogens is 2. The lowest BCUT2D eigenvalue weighted by molar-refractivity contribution is -0.384. The van der Waals surface area contributed by atoms with Crippen LogP contribution in [0.15, 0.2) is 77.8 Å². The summed E-state index contributed by atoms with van der Waals surface area (Å²) < 4.78 is 48.6. The Hall–Kier alpha value is -5.95. The number of aromatic amines is 1. The van der Waals surface area contributed by atoms with Gasteiger partial charge in [0.2, 0.25) is 0 Å². The summed E-state index contributed by atoms with van der Waals surface area (Å²) in [5.41, 5.74) is 3.13. The van der Waals surface area contributed by atoms with E-state index in [4.69, 9.17) is 14.2 Å². The number of nitro benzene ring substituents is 1. The Bertz CT molecular complexity index is 2880. The van der Waals surface area contributed by atoms with E-state index in [1.165, 1.54) is 36.1 Å². The van der Waals surface area contributed by atoms with E-state index >= 15 is 0 Å². The summed E-state index contributed by atoms with van der Waals surface area (Å²) in [6.07, 6.45) is 11.0. The minimum absolute atomic E-state index is 0.0223. The minimum Gasteiger partial charge on any atom is -0.489 e. The Labute approximate surface area is 408 Å². The van der Waals surface area contributed by atoms with Crippen molar-refractivity contribution in [3.8, 4) is 23.1 Å². The van der Waals surface area contributed by atoms with E-state index in [0.717, 1.165) is 57.1 Å². The number of ether oxygens (including phenoxy) is 3. The van der Waals surface area contributed by atoms with Crippen molar-refractivity contribution in [1.29, 1.82) is 0 Å². The summed E-state index contributed by atoms with van der Waals surface area (Å²) >= 11 is 0. The van der Waals surface area contributed by atoms with Gasteiger partial charge in [0.25, 0.3) is 27.5 Å². The molecule has 5 aromatic rings. The van der Waals surface area contributed by atoms with Crippen LogP contribution in [0.25, 0.3) is 11.0 Å². The summed E-state index contributed by atoms with van der Waals surface area (Å²) in [4.78, 5) is 38.2. The van der Waals surface area contributed by atoms with Crippen LogP contribution in [0.2, 0.25) is 0 Å². The number of rotatable bonds is 14. The lowest BCUT2D eigenvalue weighted by atomic mass is 9.59. The predicted octanol–water partition coefficient (Wildman–Crippen LogP) is 8.58. The molecule has 5 aliphatic rings. The molecule has 10 rings (SSSR count). The lowest BCUT2D eigenvalue weighted by Crippen LogP contribution is -2.54. The maximum atomic E-state index is 14.3. The molecular weight excluding hydrogens is 915 g/mol. The van der Waals surface area contributed by atoms with Crippen LogP contribution in [0, 0.1) is 21.4 Å². The van der Waals surface area contributed by atoms with Gasteiger partial charge in [0.1, 0.15) is 24.6 Å². The molecule has 70 heavy (non-hydrogen) atoms. The van der Waals surface area contributed by atoms with Crippen LogP contribution in [0.3, 0.4) is 0 Å². The first-order valence-corrected chi connectivity index (χ1v) is 26.2. The Kier molecular flexibility index (Phi) is 12.9. The molecule has 2 saturated heterocycles. The fourth-order valence-electron chi connectivity index (χ4n) is 11.8. The van der Waals surface area contributed by atoms with E-state index in [9.17, 15) is 33.5 Å². The fourth-order valence-corrected chi connectivity index (χ4v) is 12.8. The molecule has 0 radical (unpaired) electrons. The van der Waals surface area contributed by atoms with Crippen LogP contribution in [0.1, 0.15) is 118 Å². The standard InChI is InChI=1S/C52H63N7O10S/c1-32(2)38-7-4-5-8-39(38)42-9-6-20-58(42)36-29-52(30-36)17-21-57(22-18-52)35-10-11-40(44(26-35)69-46-25-34-14-19-53-48(34)55-50(46)67-24-23-60)49(61)56-70(65,66)37-27-43(59(63)64)47-45(28-37)68-31-41(54-47)33-12-15-51(3,62)16-13-33/h4-5,7-8,10-11,14,19,25-28,32-33,36,41-42,54,60,62H,6,9,12-13,15-18,20-24,29-31H2,1-3H3,(H,53,55)(H,56,61)/t33?,41-,42+,51?/m1/s1. The molecule has 4 fully saturated rings. The number of nitrogens with zero attached hydrogens (tertiary/aromatic N) is 4. The number of piperidine rings is 1. The number of sulfonamides is 1. The summed E-state index contributed by atoms with van der Waals surface area (Å²) in [5.74, 6) is -0.278. The number of likely N-dealkylation sites (tertiary alicyclic amines) is 1. The highest BCUT2D eigenvalue weighted by molar-refractivity contribution is 7.90. The molecule has 2 atom stereocenters. The molecule has 1 spiro atoms. The first kappa shape index (κ1) is 47.7. The molecule has 3 aliphatic heterocycles. The fraction of sp³-hybridized carbons (Fsp3) is 0.500. The third-order valence-electron chi connectivity index (χ3n) is 15.7. The number of benzene rings is 3. The highest BCUT2D eigenvalue weighted by Gasteiger charge is 2.50. The Morgan fingerprint density at radius 3 is 2.53 bits per heavy atom. The van der Waals surface area contributed by atoms with Gasteiger partial charge in [-0.05, 0) is 130 Å². The van der Waals surface area contributed by atoms with Crippen molar-refractivity contribution in [3.63, 3.8) is 0 Å². The number of carbonyl (C=O) groups is 1. The second-order valence-corrected chi connectivity index (χ2v) is 22.4. The first-order valence-electron chi connectivity index (χ1n) is 24.7. The van der Waals surface area contributed by atoms with Crippen molar-refractivity contribution in [2.75, 3.05) is 49.7 Å². The van der Waals surface area contributed by atoms with Crippen molar-refractivity contribution in [2.24, 2.45) is 11.3 Å². The quantitative estimate of drug-likeness (QED) is 0.0520. The van der Waals surface area contributed by atoms with Gasteiger partial charge >= 0.3 is 0 Å². The van der Waals surface area contributed by atoms with E-state index in [2.05, 4.69) is 67.9 Å². The average molecular weight is 978 g/mol. The van der Waals surface area contributed by atoms with E-state index in [-0.39, 0.29) is 71.6 Å². The summed E-state index contributed by atoms with van der Waals surface area (Å²) in [5, 5.41) is 36.5. The van der Waals surface area contributed by atoms with Crippen molar-refractivity contribution < 1.29 is 42.6 Å². The van der Waals surface area contributed by atoms with Crippen molar-refractivity contribution in [3.05, 3.63) is 99.7 Å². The number of hydrogen-bond donors (Lipinski definition) is 5. The van der Waals surface area contributed by atoms with Gasteiger partial charge in [-0.25, -0.2) is 13.1 Å². The molecule has 3 aromatic carbocycles. The maximum absolute atomic E-state index is 14.3. The van der Waals surface area contributed by atoms with E-state index < -0.39 is 37.0 Å². The molecule has 2 aliphatic carbocycles. The normalized spacial score (nSPS) is 23.6. The molecule has 1 amide bonds. The number of amides is 1. The monoisotopic (exact) mass is 977 g/mol. The number of aliphatic hydroxyl groups is 2. The molecule has 5 N–H and O–H groups in total. The Balaban J connectivity index is 0.886. The van der Waals surface area contributed by atoms with E-state index in [1.807, 2.05) is 0 Å². The zero-order valence-electron chi connectivity index (χ0n) is 40.0. The molecule has 2 saturated carbocycles. The van der Waals surface area contributed by atoms with Gasteiger partial charge in [-0.1, -0.05) is 38.1 Å². The van der Waals surface area contributed by atoms with Gasteiger partial charge in [-0.2, -0.15) is 4.98 Å². The number of nitrogens with one attached hydrogen (secondary N) is 3. The predicted molar refractivity (Wildman–Crippen MR) is 265 cm³/mol. The minimum atomic E-state index is -4.73. The van der Waals surface area contributed by atoms with Crippen LogP contribution in [-0.4, -0.2) is 101 Å². The van der Waals surface area contributed by atoms with Gasteiger partial charge in [0, 0.05) is 60.6 Å². The molecule has 18 heteroatoms. The Morgan fingerprint density at radius 2 is 1.79 bits per heavy atom. The second kappa shape index (κ2) is 19.0. The van der Waals surface area contributed by atoms with Crippen LogP contribution >= 0.6 is 0 Å². The number of aliphatic hydroxyl groups excluding tert-OH is 1. The van der Waals surface area contributed by atoms with E-state index in [1.54, 1.807) is 37.4 Å². The topological polar surface area (TPSA) is 222 Å². The van der Waals surface area contributed by atoms with E-state index in [0.29, 0.717) is 54.7 Å². The maximum Gasteiger partial charge on any atom is 0.297 e. The number of carbonyl (C=O) groups excluding carboxylic acids is 1. The second-order valence-electron chi connectivity index (χ2n) is 20.7. The molecule has 0 bridgehead atoms. The number of H-pyrrole nitrogens is 1. The summed E-state index contributed by atoms with van der Waals surface area (Å²) in [7, 11) is -4.73. The van der Waals surface area contributed by atoms with Crippen molar-refractivity contribution in [1.82, 2.24) is 19.6 Å². The smallest absolute Gasteiger partial charge is 0.297 e. The number of nitro groups is 1. The zero-order chi connectivity index (χ0) is 49.0. The molecule has 5 heterocycles. The number of pyridine rings is 1. The van der Waals surface area contributed by atoms with Gasteiger partial charge < -0.3 is 39.6 Å². The Morgan fingerprint density at radius 1 is 1.01 bits per heavy atom. The average Bonchev–Trinajstić information content (AvgIpc) is 4.02. The molecule has 2 aromatic heterocycles. The third-order valence-corrected chi connectivity index (χ3v) is 17.0. The van der Waals surface area contributed by atoms with Crippen LogP contribution < -0.4 is 29.1 Å². The molecule has 372 valence electrons. The summed E-state index contributed by atoms with van der Waals surface area (Å²) in [6, 6.07) is 20.3. The van der Waals surface area contributed by atoms with Gasteiger partial charge in [-0.3, -0.25) is 19.8 Å². The highest BCUT2D eigenvalue weighted by Crippen LogP contribution is 2.54. The van der Waals surface area contributed by atoms with Crippen molar-refractivity contribution in [2.45, 2.75) is 120 Å². The van der Waals surface area contributed by atoms with Crippen LogP contribution in [0.5, 0.6) is 23.1 Å². The van der Waals surface area contributed by atoms with Crippen molar-refractivity contribution >= 4 is 44.0 Å². The van der Waals surface area contributed by atoms with Crippen LogP contribution in [0.4, 0.5) is 17.1 Å². The molecule has 0 unspecified atom stereocenters. The molecular formula is C52H63N7O10S. The SMILES string of the molecule is CC(C)c1ccccc1[C@@H]1CCCN1C1CC2(CCN(c3ccc(C(=O)NS(=O)(=O)c4cc5c(c([N+](=O)[O-])c4)N[C@@H](C4CCC(C)(O)CC4)CO5)c(Oc4cc5cc[nH]c5nc4OCCO)c3)CC2)C1. The number of hydrogen-bond acceptors (Lipinski definition) is 14. The lowest BCUT2D eigenvalue weighted by Gasteiger charge is -2.56. The third kappa shape index (κ3) is 9.50. The highest BCUT2D eigenvalue weighted by atomic mass is 32.2. The molecule has 17 nitrogen and oxygen atoms in total. The van der Waals surface area contributed by atoms with Gasteiger partial charge in [-0.15, -0.1) is 0 Å². The zero-order valence-corrected chi connectivity index (χ0v) is 40.8. The van der Waals surface area contributed by atoms with Gasteiger partial charge in [0.05, 0.1) is 33.6 Å².